The van der Waals surface area contributed by atoms with Crippen LogP contribution in [0.15, 0.2) is 59.4 Å². The normalized spacial score (nSPS) is 17.7. The Kier molecular flexibility index (Phi) is 13.4. The zero-order chi connectivity index (χ0) is 45.6. The van der Waals surface area contributed by atoms with Crippen LogP contribution in [0.4, 0.5) is 0 Å². The molecule has 2 aromatic carbocycles. The Hall–Kier alpha value is -4.22. The topological polar surface area (TPSA) is 155 Å². The lowest BCUT2D eigenvalue weighted by atomic mass is 9.91. The minimum atomic E-state index is -2.23. The molecule has 1 fully saturated rings. The number of aromatic hydroxyl groups is 1. The molecule has 64 heavy (non-hydrogen) atoms. The summed E-state index contributed by atoms with van der Waals surface area (Å²) in [7, 11) is -0.0338. The van der Waals surface area contributed by atoms with Gasteiger partial charge in [-0.15, -0.1) is 27.8 Å². The second kappa shape index (κ2) is 18.6. The van der Waals surface area contributed by atoms with E-state index in [1.165, 1.54) is 45.4 Å². The maximum atomic E-state index is 13.7. The van der Waals surface area contributed by atoms with E-state index in [4.69, 9.17) is 14.3 Å². The van der Waals surface area contributed by atoms with Crippen LogP contribution in [0.25, 0.3) is 21.9 Å². The van der Waals surface area contributed by atoms with Gasteiger partial charge in [0.1, 0.15) is 17.4 Å². The number of aliphatic hydroxyl groups is 1. The number of esters is 1. The van der Waals surface area contributed by atoms with Crippen LogP contribution in [0.1, 0.15) is 107 Å². The molecule has 0 bridgehead atoms. The van der Waals surface area contributed by atoms with Crippen molar-refractivity contribution in [3.63, 3.8) is 0 Å². The number of thiophene rings is 2. The molecule has 6 aromatic rings. The molecule has 342 valence electrons. The first-order chi connectivity index (χ1) is 30.4. The molecule has 8 rings (SSSR count). The van der Waals surface area contributed by atoms with E-state index in [9.17, 15) is 19.8 Å². The van der Waals surface area contributed by atoms with Gasteiger partial charge in [-0.1, -0.05) is 32.1 Å². The molecule has 0 saturated heterocycles. The number of benzene rings is 2. The minimum Gasteiger partial charge on any atom is -0.506 e. The third-order valence-corrected chi connectivity index (χ3v) is 20.7. The zero-order valence-electron chi connectivity index (χ0n) is 38.5. The number of hydrogen-bond donors (Lipinski definition) is 4. The van der Waals surface area contributed by atoms with Crippen molar-refractivity contribution < 1.29 is 24.2 Å². The van der Waals surface area contributed by atoms with Crippen LogP contribution < -0.4 is 10.9 Å². The van der Waals surface area contributed by atoms with Crippen molar-refractivity contribution in [1.82, 2.24) is 30.2 Å². The van der Waals surface area contributed by atoms with Gasteiger partial charge < -0.3 is 34.6 Å². The number of phenolic OH excluding ortho intramolecular Hbond substituents is 1. The molecule has 4 N–H and O–H groups in total. The number of aromatic nitrogens is 4. The average molecular weight is 925 g/mol. The molecule has 12 nitrogen and oxygen atoms in total. The highest BCUT2D eigenvalue weighted by Gasteiger charge is 2.46. The van der Waals surface area contributed by atoms with Gasteiger partial charge in [0, 0.05) is 46.9 Å². The van der Waals surface area contributed by atoms with Crippen LogP contribution >= 0.6 is 22.7 Å². The largest absolute Gasteiger partial charge is 0.506 e. The first-order valence-corrected chi connectivity index (χ1v) is 27.3. The predicted molar refractivity (Wildman–Crippen MR) is 259 cm³/mol. The smallest absolute Gasteiger partial charge is 0.349 e. The summed E-state index contributed by atoms with van der Waals surface area (Å²) in [5.74, 6) is -0.539. The van der Waals surface area contributed by atoms with Crippen LogP contribution in [0.3, 0.4) is 0 Å². The summed E-state index contributed by atoms with van der Waals surface area (Å²) in [5.41, 5.74) is 5.38. The number of fused-ring (bicyclic) bond motifs is 4. The molecule has 0 spiro atoms. The Morgan fingerprint density at radius 3 is 2.34 bits per heavy atom. The van der Waals surface area contributed by atoms with Gasteiger partial charge in [-0.25, -0.2) is 9.48 Å². The highest BCUT2D eigenvalue weighted by Crippen LogP contribution is 2.43. The highest BCUT2D eigenvalue weighted by atomic mass is 32.1. The Morgan fingerprint density at radius 1 is 1.00 bits per heavy atom. The van der Waals surface area contributed by atoms with Crippen molar-refractivity contribution in [1.29, 1.82) is 0 Å². The van der Waals surface area contributed by atoms with Crippen LogP contribution in [0.2, 0.25) is 18.1 Å². The van der Waals surface area contributed by atoms with Crippen LogP contribution in [0, 0.1) is 13.8 Å². The third-order valence-electron chi connectivity index (χ3n) is 14.0. The fraction of sp³-hybridized carbons (Fsp3) is 0.510. The second-order valence-electron chi connectivity index (χ2n) is 19.5. The van der Waals surface area contributed by atoms with Gasteiger partial charge in [-0.05, 0) is 162 Å². The molecule has 0 amide bonds. The van der Waals surface area contributed by atoms with Gasteiger partial charge >= 0.3 is 5.97 Å². The fourth-order valence-electron chi connectivity index (χ4n) is 9.36. The zero-order valence-corrected chi connectivity index (χ0v) is 41.2. The van der Waals surface area contributed by atoms with Crippen LogP contribution in [-0.2, 0) is 45.5 Å². The molecule has 4 heterocycles. The molecular weight excluding hydrogens is 861 g/mol. The average Bonchev–Trinajstić information content (AvgIpc) is 4.08. The van der Waals surface area contributed by atoms with Gasteiger partial charge in [0.25, 0.3) is 0 Å². The number of carbonyl (C=O) groups is 1. The quantitative estimate of drug-likeness (QED) is 0.0546. The molecular formula is C49H64N6O6S2Si. The first-order valence-electron chi connectivity index (χ1n) is 22.8. The number of aromatic amines is 1. The number of H-pyrrole nitrogens is 1. The van der Waals surface area contributed by atoms with Crippen molar-refractivity contribution in [3.05, 3.63) is 107 Å². The van der Waals surface area contributed by atoms with E-state index < -0.39 is 19.9 Å². The van der Waals surface area contributed by atoms with E-state index in [0.29, 0.717) is 34.4 Å². The number of carbonyl (C=O) groups excluding carboxylic acids is 1. The standard InChI is InChI=1S/C49H64N6O6S2Si/c1-30-13-22-42(62-30)49(59,43-23-14-31(2)63-43)47(58)60-34-17-15-33(16-18-34)54(6)25-10-26-55-46-38-12-9-11-35(38)32(27-39(46)52-53-55)28-50-29-41(61-64(7,8)48(3,4)5)36-19-21-40(56)45-37(36)20-24-44(57)51-45/h13-14,19-24,27,33-34,41,50,56,59H,9-12,15-18,25-26,28-29H2,1-8H3,(H,51,57)/t33?,34?,41-/m0/s1. The first kappa shape index (κ1) is 46.3. The lowest BCUT2D eigenvalue weighted by molar-refractivity contribution is -0.169. The number of rotatable bonds is 16. The molecule has 1 atom stereocenters. The van der Waals surface area contributed by atoms with E-state index in [-0.39, 0.29) is 28.6 Å². The number of hydrogen-bond acceptors (Lipinski definition) is 12. The number of nitrogens with zero attached hydrogens (tertiary/aromatic N) is 4. The monoisotopic (exact) mass is 924 g/mol. The second-order valence-corrected chi connectivity index (χ2v) is 26.8. The van der Waals surface area contributed by atoms with E-state index >= 15 is 0 Å². The van der Waals surface area contributed by atoms with E-state index in [2.05, 4.69) is 72.1 Å². The summed E-state index contributed by atoms with van der Waals surface area (Å²) in [4.78, 5) is 34.5. The number of phenols is 1. The summed E-state index contributed by atoms with van der Waals surface area (Å²) in [6.07, 6.45) is 6.92. The SMILES string of the molecule is Cc1ccc(C(O)(C(=O)OC2CCC(N(C)CCCn3nnc4cc(CNC[C@H](O[Si](C)(C)C(C)(C)C)c5ccc(O)c6[nH]c(=O)ccc56)c5c(c43)CCC5)CC2)c2ccc(C)s2)s1. The third kappa shape index (κ3) is 9.40. The molecule has 2 aliphatic rings. The number of ether oxygens (including phenoxy) is 1. The molecule has 15 heteroatoms. The molecule has 0 aliphatic heterocycles. The molecule has 2 aliphatic carbocycles. The number of nitrogens with one attached hydrogen (secondary N) is 2. The fourth-order valence-corrected chi connectivity index (χ4v) is 12.6. The molecule has 4 aromatic heterocycles. The summed E-state index contributed by atoms with van der Waals surface area (Å²) in [6.45, 7) is 18.1. The Morgan fingerprint density at radius 2 is 1.69 bits per heavy atom. The van der Waals surface area contributed by atoms with Crippen molar-refractivity contribution in [2.24, 2.45) is 0 Å². The lowest BCUT2D eigenvalue weighted by Gasteiger charge is -2.39. The molecule has 1 saturated carbocycles. The summed E-state index contributed by atoms with van der Waals surface area (Å²) in [6, 6.07) is 17.0. The van der Waals surface area contributed by atoms with E-state index in [1.807, 2.05) is 44.2 Å². The molecule has 0 radical (unpaired) electrons. The van der Waals surface area contributed by atoms with Gasteiger partial charge in [0.05, 0.1) is 26.9 Å². The predicted octanol–water partition coefficient (Wildman–Crippen LogP) is 9.17. The summed E-state index contributed by atoms with van der Waals surface area (Å²) < 4.78 is 15.3. The van der Waals surface area contributed by atoms with E-state index in [0.717, 1.165) is 96.2 Å². The van der Waals surface area contributed by atoms with Crippen molar-refractivity contribution >= 4 is 58.9 Å². The van der Waals surface area contributed by atoms with Crippen molar-refractivity contribution in [3.8, 4) is 5.75 Å². The molecule has 0 unspecified atom stereocenters. The van der Waals surface area contributed by atoms with Gasteiger partial charge in [0.15, 0.2) is 8.32 Å². The number of aryl methyl sites for hydroxylation is 4. The van der Waals surface area contributed by atoms with Crippen LogP contribution in [0.5, 0.6) is 5.75 Å². The lowest BCUT2D eigenvalue weighted by Crippen LogP contribution is -2.43. The number of pyridine rings is 1. The van der Waals surface area contributed by atoms with Gasteiger partial charge in [-0.2, -0.15) is 0 Å². The summed E-state index contributed by atoms with van der Waals surface area (Å²) in [5, 5.41) is 36.4. The van der Waals surface area contributed by atoms with E-state index in [1.54, 1.807) is 12.1 Å². The maximum Gasteiger partial charge on any atom is 0.349 e. The summed E-state index contributed by atoms with van der Waals surface area (Å²) >= 11 is 2.87. The Balaban J connectivity index is 0.884. The van der Waals surface area contributed by atoms with Crippen molar-refractivity contribution in [2.45, 2.75) is 141 Å². The van der Waals surface area contributed by atoms with Crippen LogP contribution in [-0.4, -0.2) is 81.7 Å². The van der Waals surface area contributed by atoms with Gasteiger partial charge in [-0.3, -0.25) is 4.79 Å². The Labute approximate surface area is 385 Å². The van der Waals surface area contributed by atoms with Gasteiger partial charge in [0.2, 0.25) is 11.2 Å². The minimum absolute atomic E-state index is 0.0128. The Bertz CT molecular complexity index is 2650. The highest BCUT2D eigenvalue weighted by molar-refractivity contribution is 7.14. The van der Waals surface area contributed by atoms with Crippen molar-refractivity contribution in [2.75, 3.05) is 20.1 Å². The maximum absolute atomic E-state index is 13.7.